The van der Waals surface area contributed by atoms with Gasteiger partial charge in [0.05, 0.1) is 5.71 Å². The van der Waals surface area contributed by atoms with Crippen LogP contribution in [0, 0.1) is 5.41 Å². The fourth-order valence-electron chi connectivity index (χ4n) is 2.60. The molecule has 29 heavy (non-hydrogen) atoms. The van der Waals surface area contributed by atoms with Crippen molar-refractivity contribution < 1.29 is 28.2 Å². The van der Waals surface area contributed by atoms with Gasteiger partial charge in [0.1, 0.15) is 11.6 Å². The number of nitrogens with zero attached hydrogens (tertiary/aromatic N) is 2. The molecule has 0 saturated heterocycles. The number of rotatable bonds is 4. The molecule has 9 heteroatoms. The van der Waals surface area contributed by atoms with E-state index in [1.165, 1.54) is 5.56 Å². The third-order valence-electron chi connectivity index (χ3n) is 4.06. The first-order valence-electron chi connectivity index (χ1n) is 8.73. The number of carboxylic acids is 1. The van der Waals surface area contributed by atoms with Crippen LogP contribution in [-0.2, 0) is 11.2 Å². The quantitative estimate of drug-likeness (QED) is 0.526. The summed E-state index contributed by atoms with van der Waals surface area (Å²) in [7, 11) is 0. The van der Waals surface area contributed by atoms with Gasteiger partial charge in [-0.3, -0.25) is 10.4 Å². The van der Waals surface area contributed by atoms with Crippen molar-refractivity contribution >= 4 is 17.5 Å². The van der Waals surface area contributed by atoms with Crippen LogP contribution in [0.4, 0.5) is 13.2 Å². The monoisotopic (exact) mass is 407 g/mol. The number of halogens is 3. The maximum absolute atomic E-state index is 10.6. The van der Waals surface area contributed by atoms with Gasteiger partial charge in [0.15, 0.2) is 0 Å². The number of alkyl halides is 3. The fraction of sp³-hybridized carbons (Fsp3) is 0.250. The predicted octanol–water partition coefficient (Wildman–Crippen LogP) is 4.05. The largest absolute Gasteiger partial charge is 0.507 e. The molecule has 0 spiro atoms. The average Bonchev–Trinajstić information content (AvgIpc) is 3.17. The lowest BCUT2D eigenvalue weighted by Crippen LogP contribution is -2.22. The van der Waals surface area contributed by atoms with E-state index in [1.54, 1.807) is 17.1 Å². The number of aliphatic carboxylic acids is 1. The highest BCUT2D eigenvalue weighted by atomic mass is 19.4. The third kappa shape index (κ3) is 6.63. The smallest absolute Gasteiger partial charge is 0.490 e. The summed E-state index contributed by atoms with van der Waals surface area (Å²) in [5, 5.41) is 31.5. The highest BCUT2D eigenvalue weighted by Gasteiger charge is 2.38. The second-order valence-electron chi connectivity index (χ2n) is 6.17. The molecule has 1 heterocycles. The van der Waals surface area contributed by atoms with Crippen LogP contribution >= 0.6 is 0 Å². The normalized spacial score (nSPS) is 13.3. The van der Waals surface area contributed by atoms with Crippen LogP contribution in [0.15, 0.2) is 59.7 Å². The van der Waals surface area contributed by atoms with Gasteiger partial charge in [0.2, 0.25) is 0 Å². The van der Waals surface area contributed by atoms with Crippen LogP contribution in [0.3, 0.4) is 0 Å². The van der Waals surface area contributed by atoms with E-state index in [1.807, 2.05) is 30.3 Å². The van der Waals surface area contributed by atoms with Gasteiger partial charge in [0.25, 0.3) is 0 Å². The van der Waals surface area contributed by atoms with Gasteiger partial charge in [-0.1, -0.05) is 42.5 Å². The molecule has 2 aromatic rings. The zero-order valence-corrected chi connectivity index (χ0v) is 15.4. The lowest BCUT2D eigenvalue weighted by molar-refractivity contribution is -0.192. The molecule has 0 unspecified atom stereocenters. The van der Waals surface area contributed by atoms with Gasteiger partial charge >= 0.3 is 12.1 Å². The number of phenols is 1. The third-order valence-corrected chi connectivity index (χ3v) is 4.06. The number of para-hydroxylation sites is 1. The molecule has 0 fully saturated rings. The van der Waals surface area contributed by atoms with Gasteiger partial charge < -0.3 is 10.2 Å². The van der Waals surface area contributed by atoms with Gasteiger partial charge in [-0.15, -0.1) is 0 Å². The highest BCUT2D eigenvalue weighted by Crippen LogP contribution is 2.22. The van der Waals surface area contributed by atoms with Crippen molar-refractivity contribution in [3.8, 4) is 5.75 Å². The topological polar surface area (TPSA) is 97.0 Å². The summed E-state index contributed by atoms with van der Waals surface area (Å²) in [5.74, 6) is -1.99. The second kappa shape index (κ2) is 9.72. The van der Waals surface area contributed by atoms with E-state index in [-0.39, 0.29) is 5.75 Å². The van der Waals surface area contributed by atoms with E-state index in [0.717, 1.165) is 24.1 Å². The van der Waals surface area contributed by atoms with Crippen LogP contribution in [-0.4, -0.2) is 45.5 Å². The number of aryl methyl sites for hydroxylation is 1. The number of carboxylic acid groups (broad SMARTS) is 1. The van der Waals surface area contributed by atoms with Crippen molar-refractivity contribution in [2.75, 3.05) is 6.54 Å². The molecule has 1 aliphatic heterocycles. The summed E-state index contributed by atoms with van der Waals surface area (Å²) < 4.78 is 31.7. The maximum Gasteiger partial charge on any atom is 0.490 e. The van der Waals surface area contributed by atoms with Crippen LogP contribution in [0.1, 0.15) is 24.0 Å². The molecule has 6 nitrogen and oxygen atoms in total. The van der Waals surface area contributed by atoms with Crippen LogP contribution in [0.2, 0.25) is 0 Å². The minimum atomic E-state index is -5.08. The van der Waals surface area contributed by atoms with Crippen molar-refractivity contribution in [2.24, 2.45) is 5.10 Å². The molecular weight excluding hydrogens is 387 g/mol. The Bertz CT molecular complexity index is 883. The Labute approximate surface area is 165 Å². The number of hydrogen-bond acceptors (Lipinski definition) is 4. The zero-order chi connectivity index (χ0) is 21.4. The SMILES string of the molecule is N=C(CCc1ccccc1)N1CCC(c2ccccc2O)=N1.O=C(O)C(F)(F)F. The van der Waals surface area contributed by atoms with Crippen molar-refractivity contribution in [2.45, 2.75) is 25.4 Å². The number of nitrogens with one attached hydrogen (secondary N) is 1. The first kappa shape index (κ1) is 21.9. The summed E-state index contributed by atoms with van der Waals surface area (Å²) in [6.45, 7) is 0.706. The molecule has 0 aliphatic carbocycles. The first-order valence-corrected chi connectivity index (χ1v) is 8.73. The number of amidine groups is 1. The van der Waals surface area contributed by atoms with Crippen molar-refractivity contribution in [3.63, 3.8) is 0 Å². The minimum Gasteiger partial charge on any atom is -0.507 e. The molecule has 154 valence electrons. The summed E-state index contributed by atoms with van der Waals surface area (Å²) in [5.41, 5.74) is 2.85. The van der Waals surface area contributed by atoms with E-state index in [4.69, 9.17) is 15.3 Å². The van der Waals surface area contributed by atoms with Gasteiger partial charge in [-0.25, -0.2) is 4.79 Å². The van der Waals surface area contributed by atoms with Crippen molar-refractivity contribution in [1.82, 2.24) is 5.01 Å². The summed E-state index contributed by atoms with van der Waals surface area (Å²) in [4.78, 5) is 8.90. The number of hydrogen-bond donors (Lipinski definition) is 3. The number of aromatic hydroxyl groups is 1. The molecule has 0 amide bonds. The zero-order valence-electron chi connectivity index (χ0n) is 15.4. The van der Waals surface area contributed by atoms with Gasteiger partial charge in [-0.2, -0.15) is 18.3 Å². The lowest BCUT2D eigenvalue weighted by atomic mass is 10.1. The van der Waals surface area contributed by atoms with Crippen molar-refractivity contribution in [3.05, 3.63) is 65.7 Å². The Balaban J connectivity index is 0.000000370. The second-order valence-corrected chi connectivity index (χ2v) is 6.17. The van der Waals surface area contributed by atoms with Gasteiger partial charge in [-0.05, 0) is 24.1 Å². The fourth-order valence-corrected chi connectivity index (χ4v) is 2.60. The minimum absolute atomic E-state index is 0.249. The Morgan fingerprint density at radius 2 is 1.69 bits per heavy atom. The molecule has 0 atom stereocenters. The Kier molecular flexibility index (Phi) is 7.35. The van der Waals surface area contributed by atoms with E-state index in [2.05, 4.69) is 17.2 Å². The van der Waals surface area contributed by atoms with E-state index >= 15 is 0 Å². The summed E-state index contributed by atoms with van der Waals surface area (Å²) in [6, 6.07) is 17.4. The number of phenolic OH excluding ortho intramolecular Hbond substituents is 1. The molecule has 0 aromatic heterocycles. The molecule has 1 aliphatic rings. The van der Waals surface area contributed by atoms with Crippen LogP contribution in [0.25, 0.3) is 0 Å². The Hall–Kier alpha value is -3.36. The predicted molar refractivity (Wildman–Crippen MR) is 102 cm³/mol. The number of hydrazone groups is 1. The molecule has 2 aromatic carbocycles. The number of carbonyl (C=O) groups is 1. The molecule has 0 radical (unpaired) electrons. The lowest BCUT2D eigenvalue weighted by Gasteiger charge is -2.14. The van der Waals surface area contributed by atoms with Crippen LogP contribution < -0.4 is 0 Å². The molecule has 3 N–H and O–H groups in total. The van der Waals surface area contributed by atoms with E-state index < -0.39 is 12.1 Å². The highest BCUT2D eigenvalue weighted by molar-refractivity contribution is 6.04. The van der Waals surface area contributed by atoms with Crippen molar-refractivity contribution in [1.29, 1.82) is 5.41 Å². The standard InChI is InChI=1S/C18H19N3O.C2HF3O2/c19-18(11-10-14-6-2-1-3-7-14)21-13-12-16(20-21)15-8-4-5-9-17(15)22;3-2(4,5)1(6)7/h1-9,19,22H,10-13H2;(H,6,7). The summed E-state index contributed by atoms with van der Waals surface area (Å²) >= 11 is 0. The Morgan fingerprint density at radius 3 is 2.28 bits per heavy atom. The van der Waals surface area contributed by atoms with E-state index in [9.17, 15) is 18.3 Å². The molecule has 0 bridgehead atoms. The molecule has 0 saturated carbocycles. The average molecular weight is 407 g/mol. The Morgan fingerprint density at radius 1 is 1.10 bits per heavy atom. The molecule has 3 rings (SSSR count). The molecular formula is C20H20F3N3O3. The first-order chi connectivity index (χ1) is 13.7. The van der Waals surface area contributed by atoms with Gasteiger partial charge in [0, 0.05) is 24.9 Å². The van der Waals surface area contributed by atoms with E-state index in [0.29, 0.717) is 18.8 Å². The maximum atomic E-state index is 10.6. The van der Waals surface area contributed by atoms with Crippen LogP contribution in [0.5, 0.6) is 5.75 Å². The number of benzene rings is 2. The summed E-state index contributed by atoms with van der Waals surface area (Å²) in [6.07, 6.45) is -2.82.